The molecule has 3 N–H and O–H groups in total. The maximum atomic E-state index is 12.6. The van der Waals surface area contributed by atoms with Gasteiger partial charge >= 0.3 is 13.8 Å². The van der Waals surface area contributed by atoms with Crippen molar-refractivity contribution in [3.05, 3.63) is 60.8 Å². The van der Waals surface area contributed by atoms with Crippen molar-refractivity contribution in [2.75, 3.05) is 33.0 Å². The van der Waals surface area contributed by atoms with E-state index in [4.69, 9.17) is 24.3 Å². The summed E-state index contributed by atoms with van der Waals surface area (Å²) in [6.07, 6.45) is 59.6. The first kappa shape index (κ1) is 58.2. The minimum atomic E-state index is -4.29. The second kappa shape index (κ2) is 48.2. The third-order valence-electron chi connectivity index (χ3n) is 10.4. The monoisotopic (exact) mass is 864 g/mol. The molecule has 0 saturated carbocycles. The van der Waals surface area contributed by atoms with Crippen LogP contribution in [-0.2, 0) is 27.9 Å². The zero-order valence-corrected chi connectivity index (χ0v) is 39.8. The molecule has 0 bridgehead atoms. The Morgan fingerprint density at radius 1 is 0.517 bits per heavy atom. The summed E-state index contributed by atoms with van der Waals surface area (Å²) in [5.74, 6) is -0.334. The quantitative estimate of drug-likeness (QED) is 0.0269. The van der Waals surface area contributed by atoms with E-state index in [-0.39, 0.29) is 32.3 Å². The lowest BCUT2D eigenvalue weighted by Crippen LogP contribution is -2.28. The van der Waals surface area contributed by atoms with E-state index in [9.17, 15) is 14.3 Å². The molecule has 350 valence electrons. The topological polar surface area (TPSA) is 117 Å². The van der Waals surface area contributed by atoms with Crippen LogP contribution in [0.2, 0.25) is 0 Å². The summed E-state index contributed by atoms with van der Waals surface area (Å²) < 4.78 is 33.6. The van der Waals surface area contributed by atoms with Crippen molar-refractivity contribution < 1.29 is 32.8 Å². The summed E-state index contributed by atoms with van der Waals surface area (Å²) in [6, 6.07) is 0. The fourth-order valence-corrected chi connectivity index (χ4v) is 7.61. The maximum absolute atomic E-state index is 12.6. The normalized spacial score (nSPS) is 13.9. The molecule has 9 heteroatoms. The average Bonchev–Trinajstić information content (AvgIpc) is 3.24. The Bertz CT molecular complexity index is 1110. The Labute approximate surface area is 370 Å². The minimum absolute atomic E-state index is 0.0964. The molecule has 0 aliphatic carbocycles. The number of esters is 1. The van der Waals surface area contributed by atoms with Crippen LogP contribution in [0.25, 0.3) is 0 Å². The average molecular weight is 864 g/mol. The summed E-state index contributed by atoms with van der Waals surface area (Å²) in [6.45, 7) is 4.80. The van der Waals surface area contributed by atoms with Crippen molar-refractivity contribution in [2.24, 2.45) is 5.73 Å². The number of phosphoric acid groups is 1. The number of nitrogens with two attached hydrogens (primary N) is 1. The number of carbonyl (C=O) groups excluding carboxylic acids is 1. The SMILES string of the molecule is CC/C=C\C/C=C\C/C=C\C/C=C\C/C=C\CCCCCCCCOCC(COP(=O)(O)OCCN)OC(=O)CCCCCCCCCCCCCCCCCCCCC. The van der Waals surface area contributed by atoms with Gasteiger partial charge < -0.3 is 20.1 Å². The van der Waals surface area contributed by atoms with Gasteiger partial charge in [-0.25, -0.2) is 4.57 Å². The Kier molecular flexibility index (Phi) is 46.8. The Balaban J connectivity index is 3.99. The van der Waals surface area contributed by atoms with Crippen molar-refractivity contribution in [1.29, 1.82) is 0 Å². The van der Waals surface area contributed by atoms with Gasteiger partial charge in [0.05, 0.1) is 19.8 Å². The smallest absolute Gasteiger partial charge is 0.457 e. The second-order valence-electron chi connectivity index (χ2n) is 16.3. The molecule has 0 fully saturated rings. The third kappa shape index (κ3) is 47.3. The van der Waals surface area contributed by atoms with E-state index in [1.54, 1.807) is 0 Å². The number of unbranched alkanes of at least 4 members (excludes halogenated alkanes) is 24. The van der Waals surface area contributed by atoms with E-state index in [0.717, 1.165) is 77.0 Å². The highest BCUT2D eigenvalue weighted by Crippen LogP contribution is 2.43. The molecule has 0 aliphatic rings. The third-order valence-corrected chi connectivity index (χ3v) is 11.4. The van der Waals surface area contributed by atoms with Crippen LogP contribution in [0, 0.1) is 0 Å². The van der Waals surface area contributed by atoms with Gasteiger partial charge in [-0.3, -0.25) is 13.8 Å². The molecule has 2 unspecified atom stereocenters. The summed E-state index contributed by atoms with van der Waals surface area (Å²) >= 11 is 0. The van der Waals surface area contributed by atoms with Gasteiger partial charge in [0.15, 0.2) is 0 Å². The number of carbonyl (C=O) groups is 1. The first-order valence-corrected chi connectivity index (χ1v) is 26.3. The molecule has 0 aromatic carbocycles. The van der Waals surface area contributed by atoms with Crippen LogP contribution >= 0.6 is 7.82 Å². The standard InChI is InChI=1S/C51H94NO7P/c1-3-5-7-9-11-13-15-17-19-21-23-24-25-27-29-31-33-35-37-39-41-43-46-56-48-50(49-58-60(54,55)57-47-45-52)59-51(53)44-42-40-38-36-34-32-30-28-26-22-20-18-16-14-12-10-8-6-4-2/h5,7,11,13,17,19,23-24,27,29,50H,3-4,6,8-10,12,14-16,18,20-22,25-26,28,30-49,52H2,1-2H3,(H,54,55)/b7-5-,13-11-,19-17-,24-23-,29-27-. The molecule has 0 aromatic rings. The van der Waals surface area contributed by atoms with Crippen LogP contribution < -0.4 is 5.73 Å². The van der Waals surface area contributed by atoms with Gasteiger partial charge in [-0.05, 0) is 57.8 Å². The molecule has 2 atom stereocenters. The Morgan fingerprint density at radius 3 is 1.40 bits per heavy atom. The number of rotatable bonds is 47. The molecular formula is C51H94NO7P. The number of allylic oxidation sites excluding steroid dienone is 10. The largest absolute Gasteiger partial charge is 0.472 e. The fourth-order valence-electron chi connectivity index (χ4n) is 6.85. The number of hydrogen-bond acceptors (Lipinski definition) is 7. The molecule has 0 spiro atoms. The summed E-state index contributed by atoms with van der Waals surface area (Å²) in [7, 11) is -4.29. The predicted molar refractivity (Wildman–Crippen MR) is 256 cm³/mol. The predicted octanol–water partition coefficient (Wildman–Crippen LogP) is 15.3. The molecule has 0 rings (SSSR count). The molecular weight excluding hydrogens is 770 g/mol. The zero-order chi connectivity index (χ0) is 43.7. The van der Waals surface area contributed by atoms with Gasteiger partial charge in [-0.2, -0.15) is 0 Å². The van der Waals surface area contributed by atoms with Gasteiger partial charge in [-0.15, -0.1) is 0 Å². The molecule has 8 nitrogen and oxygen atoms in total. The van der Waals surface area contributed by atoms with Gasteiger partial charge in [-0.1, -0.05) is 216 Å². The van der Waals surface area contributed by atoms with Crippen LogP contribution in [0.15, 0.2) is 60.8 Å². The lowest BCUT2D eigenvalue weighted by Gasteiger charge is -2.20. The van der Waals surface area contributed by atoms with Crippen LogP contribution in [0.1, 0.15) is 219 Å². The van der Waals surface area contributed by atoms with E-state index in [1.165, 1.54) is 122 Å². The highest BCUT2D eigenvalue weighted by Gasteiger charge is 2.25. The highest BCUT2D eigenvalue weighted by molar-refractivity contribution is 7.47. The van der Waals surface area contributed by atoms with Gasteiger partial charge in [0.25, 0.3) is 0 Å². The summed E-state index contributed by atoms with van der Waals surface area (Å²) in [5, 5.41) is 0. The maximum Gasteiger partial charge on any atom is 0.472 e. The van der Waals surface area contributed by atoms with E-state index in [0.29, 0.717) is 13.0 Å². The van der Waals surface area contributed by atoms with Crippen molar-refractivity contribution in [2.45, 2.75) is 225 Å². The van der Waals surface area contributed by atoms with Crippen LogP contribution in [-0.4, -0.2) is 49.9 Å². The van der Waals surface area contributed by atoms with Crippen molar-refractivity contribution in [3.63, 3.8) is 0 Å². The molecule has 60 heavy (non-hydrogen) atoms. The Morgan fingerprint density at radius 2 is 0.933 bits per heavy atom. The van der Waals surface area contributed by atoms with Crippen LogP contribution in [0.4, 0.5) is 0 Å². The number of hydrogen-bond donors (Lipinski definition) is 2. The fraction of sp³-hybridized carbons (Fsp3) is 0.784. The first-order chi connectivity index (χ1) is 29.4. The summed E-state index contributed by atoms with van der Waals surface area (Å²) in [5.41, 5.74) is 5.38. The number of phosphoric ester groups is 1. The zero-order valence-electron chi connectivity index (χ0n) is 38.9. The molecule has 0 amide bonds. The molecule has 0 radical (unpaired) electrons. The first-order valence-electron chi connectivity index (χ1n) is 24.8. The summed E-state index contributed by atoms with van der Waals surface area (Å²) in [4.78, 5) is 22.6. The van der Waals surface area contributed by atoms with E-state index < -0.39 is 13.9 Å². The number of ether oxygens (including phenoxy) is 2. The molecule has 0 aromatic heterocycles. The van der Waals surface area contributed by atoms with E-state index >= 15 is 0 Å². The van der Waals surface area contributed by atoms with Gasteiger partial charge in [0.1, 0.15) is 6.10 Å². The van der Waals surface area contributed by atoms with Crippen LogP contribution in [0.3, 0.4) is 0 Å². The van der Waals surface area contributed by atoms with Crippen molar-refractivity contribution in [3.8, 4) is 0 Å². The molecule has 0 saturated heterocycles. The minimum Gasteiger partial charge on any atom is -0.457 e. The lowest BCUT2D eigenvalue weighted by molar-refractivity contribution is -0.154. The Hall–Kier alpha value is -1.80. The van der Waals surface area contributed by atoms with E-state index in [1.807, 2.05) is 0 Å². The van der Waals surface area contributed by atoms with Gasteiger partial charge in [0.2, 0.25) is 0 Å². The van der Waals surface area contributed by atoms with Crippen LogP contribution in [0.5, 0.6) is 0 Å². The highest BCUT2D eigenvalue weighted by atomic mass is 31.2. The molecule has 0 heterocycles. The van der Waals surface area contributed by atoms with E-state index in [2.05, 4.69) is 74.6 Å². The second-order valence-corrected chi connectivity index (χ2v) is 17.8. The lowest BCUT2D eigenvalue weighted by atomic mass is 10.0. The van der Waals surface area contributed by atoms with Crippen molar-refractivity contribution in [1.82, 2.24) is 0 Å². The molecule has 0 aliphatic heterocycles. The van der Waals surface area contributed by atoms with Gasteiger partial charge in [0, 0.05) is 19.6 Å². The van der Waals surface area contributed by atoms with Crippen molar-refractivity contribution >= 4 is 13.8 Å².